The van der Waals surface area contributed by atoms with Gasteiger partial charge in [0.25, 0.3) is 11.8 Å². The lowest BCUT2D eigenvalue weighted by molar-refractivity contribution is -0.141. The monoisotopic (exact) mass is 486 g/mol. The number of nitrogens with one attached hydrogen (secondary N) is 2. The summed E-state index contributed by atoms with van der Waals surface area (Å²) in [5.41, 5.74) is 4.64. The van der Waals surface area contributed by atoms with Crippen LogP contribution in [0.25, 0.3) is 16.3 Å². The number of benzene rings is 2. The summed E-state index contributed by atoms with van der Waals surface area (Å²) in [6.45, 7) is 0. The summed E-state index contributed by atoms with van der Waals surface area (Å²) in [5, 5.41) is 5.48. The lowest BCUT2D eigenvalue weighted by atomic mass is 10.2. The molecule has 0 saturated heterocycles. The van der Waals surface area contributed by atoms with Gasteiger partial charge in [-0.3, -0.25) is 20.4 Å². The van der Waals surface area contributed by atoms with Crippen LogP contribution in [0.5, 0.6) is 5.75 Å². The molecule has 0 aliphatic carbocycles. The molecule has 2 aromatic heterocycles. The second-order valence-electron chi connectivity index (χ2n) is 6.96. The molecule has 174 valence electrons. The predicted octanol–water partition coefficient (Wildman–Crippen LogP) is 4.70. The quantitative estimate of drug-likeness (QED) is 0.401. The Labute approximate surface area is 195 Å². The number of hydrogen-bond acceptors (Lipinski definition) is 5. The highest BCUT2D eigenvalue weighted by atomic mass is 32.1. The molecule has 0 aliphatic rings. The van der Waals surface area contributed by atoms with Crippen molar-refractivity contribution in [3.8, 4) is 22.0 Å². The van der Waals surface area contributed by atoms with E-state index in [0.717, 1.165) is 6.07 Å². The average molecular weight is 486 g/mol. The summed E-state index contributed by atoms with van der Waals surface area (Å²) in [6, 6.07) is 16.7. The van der Waals surface area contributed by atoms with E-state index in [9.17, 15) is 22.8 Å². The van der Waals surface area contributed by atoms with Crippen LogP contribution in [0.1, 0.15) is 26.4 Å². The van der Waals surface area contributed by atoms with Crippen LogP contribution < -0.4 is 15.6 Å². The van der Waals surface area contributed by atoms with E-state index < -0.39 is 23.7 Å². The molecule has 34 heavy (non-hydrogen) atoms. The third-order valence-electron chi connectivity index (χ3n) is 4.79. The molecule has 0 radical (unpaired) electrons. The Bertz CT molecular complexity index is 1320. The van der Waals surface area contributed by atoms with Crippen LogP contribution in [0.15, 0.2) is 72.1 Å². The number of methoxy groups -OCH3 is 1. The van der Waals surface area contributed by atoms with Gasteiger partial charge in [-0.2, -0.15) is 18.3 Å². The van der Waals surface area contributed by atoms with Crippen molar-refractivity contribution in [1.82, 2.24) is 20.6 Å². The summed E-state index contributed by atoms with van der Waals surface area (Å²) >= 11 is 1.29. The topological polar surface area (TPSA) is 85.3 Å². The average Bonchev–Trinajstić information content (AvgIpc) is 3.52. The molecule has 0 fully saturated rings. The Hall–Kier alpha value is -4.12. The van der Waals surface area contributed by atoms with Gasteiger partial charge in [0.05, 0.1) is 28.9 Å². The number of aromatic nitrogens is 2. The number of amides is 2. The number of ether oxygens (including phenoxy) is 1. The highest BCUT2D eigenvalue weighted by Crippen LogP contribution is 2.34. The van der Waals surface area contributed by atoms with E-state index >= 15 is 0 Å². The van der Waals surface area contributed by atoms with Gasteiger partial charge in [-0.25, -0.2) is 4.68 Å². The van der Waals surface area contributed by atoms with Crippen molar-refractivity contribution < 1.29 is 27.5 Å². The minimum atomic E-state index is -4.60. The van der Waals surface area contributed by atoms with Crippen molar-refractivity contribution >= 4 is 23.2 Å². The highest BCUT2D eigenvalue weighted by Gasteiger charge is 2.35. The van der Waals surface area contributed by atoms with Crippen LogP contribution in [0.3, 0.4) is 0 Å². The van der Waals surface area contributed by atoms with Gasteiger partial charge in [0.2, 0.25) is 0 Å². The molecule has 4 rings (SSSR count). The van der Waals surface area contributed by atoms with Gasteiger partial charge >= 0.3 is 6.18 Å². The van der Waals surface area contributed by atoms with Crippen molar-refractivity contribution in [2.45, 2.75) is 6.18 Å². The van der Waals surface area contributed by atoms with Crippen molar-refractivity contribution in [2.24, 2.45) is 0 Å². The molecule has 4 aromatic rings. The predicted molar refractivity (Wildman–Crippen MR) is 120 cm³/mol. The van der Waals surface area contributed by atoms with Gasteiger partial charge in [-0.05, 0) is 53.9 Å². The molecule has 0 unspecified atom stereocenters. The number of alkyl halides is 3. The zero-order valence-corrected chi connectivity index (χ0v) is 18.4. The van der Waals surface area contributed by atoms with E-state index in [1.807, 2.05) is 0 Å². The van der Waals surface area contributed by atoms with Crippen LogP contribution in [0.2, 0.25) is 0 Å². The normalized spacial score (nSPS) is 11.2. The fourth-order valence-corrected chi connectivity index (χ4v) is 3.88. The lowest BCUT2D eigenvalue weighted by Crippen LogP contribution is -2.41. The van der Waals surface area contributed by atoms with Crippen LogP contribution in [0.4, 0.5) is 13.2 Å². The van der Waals surface area contributed by atoms with Gasteiger partial charge in [-0.1, -0.05) is 18.2 Å². The fourth-order valence-electron chi connectivity index (χ4n) is 3.16. The second-order valence-corrected chi connectivity index (χ2v) is 7.90. The third kappa shape index (κ3) is 4.79. The molecule has 2 amide bonds. The standard InChI is InChI=1S/C23H17F3N4O3S/c1-33-18-6-3-2-5-16(18)22(32)28-27-21(31)14-8-10-15(11-9-14)30-17(19-7-4-12-34-19)13-20(29-30)23(24,25)26/h2-13H,1H3,(H,27,31)(H,28,32). The number of nitrogens with zero attached hydrogens (tertiary/aromatic N) is 2. The molecular weight excluding hydrogens is 469 g/mol. The number of halogens is 3. The molecule has 7 nitrogen and oxygen atoms in total. The zero-order chi connectivity index (χ0) is 24.3. The van der Waals surface area contributed by atoms with Gasteiger partial charge < -0.3 is 4.74 Å². The van der Waals surface area contributed by atoms with Crippen LogP contribution in [0, 0.1) is 0 Å². The summed E-state index contributed by atoms with van der Waals surface area (Å²) in [6.07, 6.45) is -4.60. The molecular formula is C23H17F3N4O3S. The summed E-state index contributed by atoms with van der Waals surface area (Å²) in [5.74, 6) is -0.832. The van der Waals surface area contributed by atoms with Crippen LogP contribution in [-0.2, 0) is 6.18 Å². The molecule has 0 spiro atoms. The highest BCUT2D eigenvalue weighted by molar-refractivity contribution is 7.13. The Morgan fingerprint density at radius 1 is 0.971 bits per heavy atom. The van der Waals surface area contributed by atoms with Gasteiger partial charge in [0.15, 0.2) is 5.69 Å². The van der Waals surface area contributed by atoms with Crippen LogP contribution >= 0.6 is 11.3 Å². The maximum absolute atomic E-state index is 13.3. The first-order valence-electron chi connectivity index (χ1n) is 9.83. The minimum Gasteiger partial charge on any atom is -0.496 e. The first-order chi connectivity index (χ1) is 16.3. The smallest absolute Gasteiger partial charge is 0.435 e. The van der Waals surface area contributed by atoms with E-state index in [0.29, 0.717) is 16.3 Å². The number of hydrazine groups is 1. The number of rotatable bonds is 5. The molecule has 2 heterocycles. The first kappa shape index (κ1) is 23.1. The summed E-state index contributed by atoms with van der Waals surface area (Å²) < 4.78 is 46.1. The molecule has 2 aromatic carbocycles. The molecule has 11 heteroatoms. The maximum atomic E-state index is 13.3. The third-order valence-corrected chi connectivity index (χ3v) is 5.68. The Balaban J connectivity index is 1.52. The maximum Gasteiger partial charge on any atom is 0.435 e. The fraction of sp³-hybridized carbons (Fsp3) is 0.0870. The SMILES string of the molecule is COc1ccccc1C(=O)NNC(=O)c1ccc(-n2nc(C(F)(F)F)cc2-c2cccs2)cc1. The van der Waals surface area contributed by atoms with E-state index in [-0.39, 0.29) is 16.8 Å². The molecule has 0 atom stereocenters. The second kappa shape index (κ2) is 9.40. The largest absolute Gasteiger partial charge is 0.496 e. The Morgan fingerprint density at radius 2 is 1.68 bits per heavy atom. The molecule has 0 aliphatic heterocycles. The van der Waals surface area contributed by atoms with Crippen molar-refractivity contribution in [3.63, 3.8) is 0 Å². The van der Waals surface area contributed by atoms with Crippen molar-refractivity contribution in [3.05, 3.63) is 88.9 Å². The van der Waals surface area contributed by atoms with Gasteiger partial charge in [0.1, 0.15) is 5.75 Å². The molecule has 2 N–H and O–H groups in total. The number of thiophene rings is 1. The van der Waals surface area contributed by atoms with E-state index in [1.54, 1.807) is 41.8 Å². The van der Waals surface area contributed by atoms with E-state index in [2.05, 4.69) is 16.0 Å². The summed E-state index contributed by atoms with van der Waals surface area (Å²) in [4.78, 5) is 25.4. The Kier molecular flexibility index (Phi) is 6.37. The number of carbonyl (C=O) groups excluding carboxylic acids is 2. The minimum absolute atomic E-state index is 0.185. The lowest BCUT2D eigenvalue weighted by Gasteiger charge is -2.11. The molecule has 0 bridgehead atoms. The number of hydrogen-bond donors (Lipinski definition) is 2. The first-order valence-corrected chi connectivity index (χ1v) is 10.7. The van der Waals surface area contributed by atoms with Gasteiger partial charge in [0, 0.05) is 5.56 Å². The van der Waals surface area contributed by atoms with E-state index in [1.165, 1.54) is 47.4 Å². The van der Waals surface area contributed by atoms with Crippen molar-refractivity contribution in [2.75, 3.05) is 7.11 Å². The van der Waals surface area contributed by atoms with Crippen molar-refractivity contribution in [1.29, 1.82) is 0 Å². The van der Waals surface area contributed by atoms with Gasteiger partial charge in [-0.15, -0.1) is 11.3 Å². The zero-order valence-electron chi connectivity index (χ0n) is 17.6. The van der Waals surface area contributed by atoms with E-state index in [4.69, 9.17) is 4.74 Å². The number of para-hydroxylation sites is 1. The number of carbonyl (C=O) groups is 2. The summed E-state index contributed by atoms with van der Waals surface area (Å²) in [7, 11) is 1.42. The molecule has 0 saturated carbocycles. The van der Waals surface area contributed by atoms with Crippen LogP contribution in [-0.4, -0.2) is 28.7 Å². The Morgan fingerprint density at radius 3 is 2.32 bits per heavy atom.